The van der Waals surface area contributed by atoms with Gasteiger partial charge in [0, 0.05) is 25.7 Å². The first kappa shape index (κ1) is 26.8. The minimum absolute atomic E-state index is 0.109. The minimum atomic E-state index is -3.63. The van der Waals surface area contributed by atoms with Crippen LogP contribution < -0.4 is 9.47 Å². The van der Waals surface area contributed by atoms with E-state index in [4.69, 9.17) is 14.2 Å². The predicted molar refractivity (Wildman–Crippen MR) is 143 cm³/mol. The molecule has 0 N–H and O–H groups in total. The molecule has 2 aromatic carbocycles. The van der Waals surface area contributed by atoms with Gasteiger partial charge in [-0.05, 0) is 101 Å². The van der Waals surface area contributed by atoms with Gasteiger partial charge in [-0.25, -0.2) is 13.2 Å². The summed E-state index contributed by atoms with van der Waals surface area (Å²) in [6.45, 7) is 10.3. The van der Waals surface area contributed by atoms with Gasteiger partial charge in [-0.3, -0.25) is 4.90 Å². The maximum absolute atomic E-state index is 13.1. The summed E-state index contributed by atoms with van der Waals surface area (Å²) < 4.78 is 42.4. The molecule has 0 saturated carbocycles. The predicted octanol–water partition coefficient (Wildman–Crippen LogP) is 5.11. The minimum Gasteiger partial charge on any atom is -0.454 e. The monoisotopic (exact) mass is 542 g/mol. The number of nitrogens with zero attached hydrogens (tertiary/aromatic N) is 2. The number of carbonyl (C=O) groups excluding carboxylic acids is 1. The lowest BCUT2D eigenvalue weighted by molar-refractivity contribution is 0.0134. The Morgan fingerprint density at radius 1 is 0.868 bits per heavy atom. The van der Waals surface area contributed by atoms with E-state index in [2.05, 4.69) is 4.90 Å². The number of ether oxygens (including phenoxy) is 3. The zero-order valence-electron chi connectivity index (χ0n) is 22.5. The van der Waals surface area contributed by atoms with Crippen molar-refractivity contribution in [3.63, 3.8) is 0 Å². The molecule has 3 aliphatic rings. The van der Waals surface area contributed by atoms with E-state index in [0.717, 1.165) is 64.0 Å². The number of hydrogen-bond acceptors (Lipinski definition) is 7. The molecule has 1 amide bonds. The number of sulfone groups is 1. The number of hydrogen-bond donors (Lipinski definition) is 0. The van der Waals surface area contributed by atoms with Crippen molar-refractivity contribution < 1.29 is 27.4 Å². The van der Waals surface area contributed by atoms with Gasteiger partial charge in [-0.2, -0.15) is 0 Å². The van der Waals surface area contributed by atoms with Gasteiger partial charge in [0.25, 0.3) is 0 Å². The van der Waals surface area contributed by atoms with E-state index in [1.54, 1.807) is 24.3 Å². The third kappa shape index (κ3) is 6.10. The van der Waals surface area contributed by atoms with Crippen LogP contribution in [-0.4, -0.2) is 62.9 Å². The number of rotatable bonds is 5. The first-order valence-electron chi connectivity index (χ1n) is 13.5. The number of piperidine rings is 2. The molecule has 0 aromatic heterocycles. The highest BCUT2D eigenvalue weighted by Gasteiger charge is 2.32. The largest absolute Gasteiger partial charge is 0.454 e. The second-order valence-electron chi connectivity index (χ2n) is 11.6. The summed E-state index contributed by atoms with van der Waals surface area (Å²) in [7, 11) is -3.63. The molecule has 0 spiro atoms. The van der Waals surface area contributed by atoms with E-state index < -0.39 is 15.4 Å². The highest BCUT2D eigenvalue weighted by molar-refractivity contribution is 7.91. The van der Waals surface area contributed by atoms with E-state index in [-0.39, 0.29) is 22.7 Å². The molecule has 0 atom stereocenters. The first-order chi connectivity index (χ1) is 18.1. The Hall–Kier alpha value is -2.78. The van der Waals surface area contributed by atoms with Crippen LogP contribution in [-0.2, 0) is 21.1 Å². The molecule has 0 radical (unpaired) electrons. The van der Waals surface area contributed by atoms with Crippen LogP contribution in [0.5, 0.6) is 11.5 Å². The van der Waals surface area contributed by atoms with Gasteiger partial charge in [-0.1, -0.05) is 12.1 Å². The molecule has 5 rings (SSSR count). The van der Waals surface area contributed by atoms with E-state index >= 15 is 0 Å². The number of fused-ring (bicyclic) bond motifs is 1. The van der Waals surface area contributed by atoms with Crippen LogP contribution in [0.25, 0.3) is 0 Å². The summed E-state index contributed by atoms with van der Waals surface area (Å²) in [6, 6.07) is 11.9. The van der Waals surface area contributed by atoms with Crippen molar-refractivity contribution in [2.45, 2.75) is 68.4 Å². The third-order valence-corrected chi connectivity index (χ3v) is 9.55. The lowest BCUT2D eigenvalue weighted by Crippen LogP contribution is -2.44. The molecule has 2 aromatic rings. The van der Waals surface area contributed by atoms with Crippen molar-refractivity contribution >= 4 is 15.9 Å². The van der Waals surface area contributed by atoms with Crippen LogP contribution >= 0.6 is 0 Å². The molecule has 3 aliphatic heterocycles. The quantitative estimate of drug-likeness (QED) is 0.519. The van der Waals surface area contributed by atoms with Crippen LogP contribution in [0.1, 0.15) is 52.0 Å². The number of carbonyl (C=O) groups is 1. The van der Waals surface area contributed by atoms with Crippen LogP contribution in [0.15, 0.2) is 52.3 Å². The fourth-order valence-electron chi connectivity index (χ4n) is 5.67. The van der Waals surface area contributed by atoms with Gasteiger partial charge in [0.1, 0.15) is 5.60 Å². The standard InChI is InChI=1S/C29H38N2O6S/c1-29(2,3)37-28(32)31-16-12-23(13-17-31)22-10-14-30(15-11-22)19-21-4-6-24(7-5-21)38(33,34)25-8-9-26-27(18-25)36-20-35-26/h4-9,18,22-23H,10-17,19-20H2,1-3H3. The van der Waals surface area contributed by atoms with Crippen molar-refractivity contribution in [3.8, 4) is 11.5 Å². The van der Waals surface area contributed by atoms with Gasteiger partial charge in [0.15, 0.2) is 11.5 Å². The molecule has 0 unspecified atom stereocenters. The van der Waals surface area contributed by atoms with E-state index in [1.165, 1.54) is 6.07 Å². The summed E-state index contributed by atoms with van der Waals surface area (Å²) in [5.74, 6) is 2.38. The van der Waals surface area contributed by atoms with Gasteiger partial charge < -0.3 is 19.1 Å². The molecule has 8 nitrogen and oxygen atoms in total. The third-order valence-electron chi connectivity index (χ3n) is 7.78. The molecule has 2 saturated heterocycles. The Morgan fingerprint density at radius 3 is 2.08 bits per heavy atom. The van der Waals surface area contributed by atoms with Crippen LogP contribution in [0.2, 0.25) is 0 Å². The topological polar surface area (TPSA) is 85.4 Å². The maximum Gasteiger partial charge on any atom is 0.410 e. The molecule has 38 heavy (non-hydrogen) atoms. The highest BCUT2D eigenvalue weighted by Crippen LogP contribution is 2.36. The van der Waals surface area contributed by atoms with Crippen LogP contribution in [0.3, 0.4) is 0 Å². The molecular weight excluding hydrogens is 504 g/mol. The number of likely N-dealkylation sites (tertiary alicyclic amines) is 2. The average molecular weight is 543 g/mol. The van der Waals surface area contributed by atoms with Crippen LogP contribution in [0.4, 0.5) is 4.79 Å². The Labute approximate surface area is 225 Å². The molecular formula is C29H38N2O6S. The fraction of sp³-hybridized carbons (Fsp3) is 0.552. The van der Waals surface area contributed by atoms with E-state index in [9.17, 15) is 13.2 Å². The number of amides is 1. The lowest BCUT2D eigenvalue weighted by Gasteiger charge is -2.40. The normalized spacial score (nSPS) is 19.5. The van der Waals surface area contributed by atoms with Gasteiger partial charge in [0.2, 0.25) is 16.6 Å². The van der Waals surface area contributed by atoms with Crippen molar-refractivity contribution in [3.05, 3.63) is 48.0 Å². The molecule has 3 heterocycles. The lowest BCUT2D eigenvalue weighted by atomic mass is 9.79. The van der Waals surface area contributed by atoms with Gasteiger partial charge in [-0.15, -0.1) is 0 Å². The van der Waals surface area contributed by atoms with Crippen molar-refractivity contribution in [1.29, 1.82) is 0 Å². The Bertz CT molecular complexity index is 1240. The average Bonchev–Trinajstić information content (AvgIpc) is 3.37. The summed E-state index contributed by atoms with van der Waals surface area (Å²) >= 11 is 0. The zero-order chi connectivity index (χ0) is 26.9. The van der Waals surface area contributed by atoms with Crippen molar-refractivity contribution in [2.75, 3.05) is 33.0 Å². The zero-order valence-corrected chi connectivity index (χ0v) is 23.3. The second-order valence-corrected chi connectivity index (χ2v) is 13.5. The van der Waals surface area contributed by atoms with E-state index in [0.29, 0.717) is 23.3 Å². The molecule has 2 fully saturated rings. The maximum atomic E-state index is 13.1. The van der Waals surface area contributed by atoms with Crippen LogP contribution in [0, 0.1) is 11.8 Å². The highest BCUT2D eigenvalue weighted by atomic mass is 32.2. The first-order valence-corrected chi connectivity index (χ1v) is 15.0. The molecule has 0 aliphatic carbocycles. The van der Waals surface area contributed by atoms with Crippen molar-refractivity contribution in [2.24, 2.45) is 11.8 Å². The summed E-state index contributed by atoms with van der Waals surface area (Å²) in [5.41, 5.74) is 0.654. The smallest absolute Gasteiger partial charge is 0.410 e. The SMILES string of the molecule is CC(C)(C)OC(=O)N1CCC(C2CCN(Cc3ccc(S(=O)(=O)c4ccc5c(c4)OCO5)cc3)CC2)CC1. The Balaban J connectivity index is 1.10. The second kappa shape index (κ2) is 10.8. The van der Waals surface area contributed by atoms with E-state index in [1.807, 2.05) is 37.8 Å². The molecule has 206 valence electrons. The summed E-state index contributed by atoms with van der Waals surface area (Å²) in [6.07, 6.45) is 4.22. The fourth-order valence-corrected chi connectivity index (χ4v) is 6.95. The number of benzene rings is 2. The summed E-state index contributed by atoms with van der Waals surface area (Å²) in [5, 5.41) is 0. The van der Waals surface area contributed by atoms with Crippen molar-refractivity contribution in [1.82, 2.24) is 9.80 Å². The summed E-state index contributed by atoms with van der Waals surface area (Å²) in [4.78, 5) is 17.1. The molecule has 9 heteroatoms. The Morgan fingerprint density at radius 2 is 1.45 bits per heavy atom. The van der Waals surface area contributed by atoms with Gasteiger partial charge >= 0.3 is 6.09 Å². The van der Waals surface area contributed by atoms with Gasteiger partial charge in [0.05, 0.1) is 9.79 Å². The molecule has 0 bridgehead atoms. The Kier molecular flexibility index (Phi) is 7.60.